The number of aliphatic hydroxyl groups is 1. The lowest BCUT2D eigenvalue weighted by atomic mass is 10.3. The summed E-state index contributed by atoms with van der Waals surface area (Å²) in [4.78, 5) is 11.6. The second-order valence-electron chi connectivity index (χ2n) is 2.85. The van der Waals surface area contributed by atoms with Gasteiger partial charge in [0.2, 0.25) is 3.79 Å². The summed E-state index contributed by atoms with van der Waals surface area (Å²) in [6.45, 7) is 1.88. The molecule has 1 atom stereocenters. The molecule has 3 nitrogen and oxygen atoms in total. The molecule has 7 heteroatoms. The highest BCUT2D eigenvalue weighted by molar-refractivity contribution is 8.15. The topological polar surface area (TPSA) is 46.5 Å². The summed E-state index contributed by atoms with van der Waals surface area (Å²) >= 11 is 16.6. The minimum absolute atomic E-state index is 0.0943. The molecule has 0 aliphatic heterocycles. The van der Waals surface area contributed by atoms with Gasteiger partial charge in [-0.05, 0) is 19.4 Å². The second kappa shape index (κ2) is 6.30. The first-order valence-corrected chi connectivity index (χ1v) is 7.25. The van der Waals surface area contributed by atoms with E-state index in [-0.39, 0.29) is 11.5 Å². The van der Waals surface area contributed by atoms with Crippen LogP contribution in [0.25, 0.3) is 0 Å². The highest BCUT2D eigenvalue weighted by Gasteiger charge is 2.38. The second-order valence-corrected chi connectivity index (χ2v) is 7.29. The van der Waals surface area contributed by atoms with E-state index in [0.29, 0.717) is 0 Å². The van der Waals surface area contributed by atoms with Crippen LogP contribution in [0.15, 0.2) is 0 Å². The molecular weight excluding hydrogens is 283 g/mol. The van der Waals surface area contributed by atoms with Gasteiger partial charge in [-0.25, -0.2) is 4.79 Å². The smallest absolute Gasteiger partial charge is 0.342 e. The summed E-state index contributed by atoms with van der Waals surface area (Å²) < 4.78 is 2.86. The quantitative estimate of drug-likeness (QED) is 0.492. The van der Waals surface area contributed by atoms with E-state index in [1.54, 1.807) is 19.4 Å². The summed E-state index contributed by atoms with van der Waals surface area (Å²) in [6, 6.07) is 0. The zero-order valence-corrected chi connectivity index (χ0v) is 11.7. The fourth-order valence-electron chi connectivity index (χ4n) is 0.852. The zero-order chi connectivity index (χ0) is 12.2. The van der Waals surface area contributed by atoms with Gasteiger partial charge in [-0.15, -0.1) is 0 Å². The number of esters is 1. The molecule has 0 saturated heterocycles. The van der Waals surface area contributed by atoms with Crippen molar-refractivity contribution >= 4 is 56.1 Å². The van der Waals surface area contributed by atoms with E-state index in [1.807, 2.05) is 0 Å². The van der Waals surface area contributed by atoms with Crippen molar-refractivity contribution in [2.24, 2.45) is 0 Å². The first kappa shape index (κ1) is 15.5. The van der Waals surface area contributed by atoms with E-state index in [9.17, 15) is 9.90 Å². The van der Waals surface area contributed by atoms with Crippen LogP contribution < -0.4 is 0 Å². The largest absolute Gasteiger partial charge is 0.462 e. The van der Waals surface area contributed by atoms with Crippen LogP contribution in [0.2, 0.25) is 0 Å². The zero-order valence-electron chi connectivity index (χ0n) is 8.59. The van der Waals surface area contributed by atoms with Crippen LogP contribution in [0.1, 0.15) is 6.92 Å². The Bertz CT molecular complexity index is 269. The fourth-order valence-corrected chi connectivity index (χ4v) is 2.39. The highest BCUT2D eigenvalue weighted by Crippen LogP contribution is 2.32. The maximum absolute atomic E-state index is 11.5. The van der Waals surface area contributed by atoms with Gasteiger partial charge in [-0.1, -0.05) is 34.8 Å². The number of halogens is 3. The fraction of sp³-hybridized carbons (Fsp3) is 0.750. The third-order valence-electron chi connectivity index (χ3n) is 1.47. The number of aliphatic hydroxyl groups excluding tert-OH is 1. The Hall–Kier alpha value is 0.520. The van der Waals surface area contributed by atoms with Crippen molar-refractivity contribution in [2.45, 2.75) is 16.8 Å². The van der Waals surface area contributed by atoms with Crippen LogP contribution in [0, 0.1) is 0 Å². The maximum Gasteiger partial charge on any atom is 0.342 e. The lowest BCUT2D eigenvalue weighted by Crippen LogP contribution is -2.39. The number of alkyl halides is 3. The molecule has 0 heterocycles. The van der Waals surface area contributed by atoms with Crippen molar-refractivity contribution in [1.29, 1.82) is 0 Å². The van der Waals surface area contributed by atoms with Gasteiger partial charge in [0.05, 0.1) is 11.5 Å². The molecule has 0 aliphatic carbocycles. The van der Waals surface area contributed by atoms with Crippen molar-refractivity contribution in [1.82, 2.24) is 0 Å². The van der Waals surface area contributed by atoms with Crippen LogP contribution in [0.5, 0.6) is 0 Å². The number of hydrogen-bond donors (Lipinski definition) is 1. The van der Waals surface area contributed by atoms with Crippen molar-refractivity contribution in [3.8, 4) is 0 Å². The Balaban J connectivity index is 5.03. The SMILES string of the molecule is CCOC(=O)C(C(O)C(Cl)(Cl)Cl)=S(C)C. The number of hydrogen-bond acceptors (Lipinski definition) is 3. The third kappa shape index (κ3) is 4.91. The maximum atomic E-state index is 11.5. The average Bonchev–Trinajstić information content (AvgIpc) is 2.02. The Morgan fingerprint density at radius 3 is 2.20 bits per heavy atom. The average molecular weight is 296 g/mol. The molecule has 90 valence electrons. The molecule has 0 bridgehead atoms. The van der Waals surface area contributed by atoms with Crippen molar-refractivity contribution in [3.63, 3.8) is 0 Å². The Kier molecular flexibility index (Phi) is 6.52. The van der Waals surface area contributed by atoms with Crippen LogP contribution in [0.4, 0.5) is 0 Å². The number of carbonyl (C=O) groups is 1. The molecule has 0 aromatic heterocycles. The lowest BCUT2D eigenvalue weighted by Gasteiger charge is -2.22. The van der Waals surface area contributed by atoms with Crippen LogP contribution in [0.3, 0.4) is 0 Å². The minimum Gasteiger partial charge on any atom is -0.462 e. The van der Waals surface area contributed by atoms with Crippen molar-refractivity contribution in [2.75, 3.05) is 19.1 Å². The van der Waals surface area contributed by atoms with Crippen molar-refractivity contribution in [3.05, 3.63) is 0 Å². The van der Waals surface area contributed by atoms with Gasteiger partial charge in [0.15, 0.2) is 0 Å². The highest BCUT2D eigenvalue weighted by atomic mass is 35.6. The summed E-state index contributed by atoms with van der Waals surface area (Å²) in [6.07, 6.45) is 2.04. The third-order valence-corrected chi connectivity index (χ3v) is 3.36. The lowest BCUT2D eigenvalue weighted by molar-refractivity contribution is -0.135. The molecule has 1 unspecified atom stereocenters. The molecule has 1 N–H and O–H groups in total. The van der Waals surface area contributed by atoms with Gasteiger partial charge in [0.25, 0.3) is 0 Å². The van der Waals surface area contributed by atoms with E-state index >= 15 is 0 Å². The van der Waals surface area contributed by atoms with Gasteiger partial charge in [-0.3, -0.25) is 0 Å². The van der Waals surface area contributed by atoms with Gasteiger partial charge in [-0.2, -0.15) is 10.5 Å². The van der Waals surface area contributed by atoms with E-state index in [2.05, 4.69) is 0 Å². The van der Waals surface area contributed by atoms with E-state index < -0.39 is 26.3 Å². The van der Waals surface area contributed by atoms with E-state index in [1.165, 1.54) is 0 Å². The van der Waals surface area contributed by atoms with Crippen LogP contribution in [-0.4, -0.2) is 45.0 Å². The molecule has 0 aromatic carbocycles. The Morgan fingerprint density at radius 2 is 1.93 bits per heavy atom. The molecule has 0 saturated carbocycles. The normalized spacial score (nSPS) is 13.9. The number of ether oxygens (including phenoxy) is 1. The van der Waals surface area contributed by atoms with Crippen LogP contribution in [-0.2, 0) is 9.53 Å². The first-order valence-electron chi connectivity index (χ1n) is 4.08. The standard InChI is InChI=1S/C8H13Cl3O3S/c1-4-14-7(13)5(15(2)3)6(12)8(9,10)11/h6,12H,4H2,1-3H3. The van der Waals surface area contributed by atoms with E-state index in [4.69, 9.17) is 39.5 Å². The van der Waals surface area contributed by atoms with Gasteiger partial charge >= 0.3 is 5.97 Å². The van der Waals surface area contributed by atoms with Crippen LogP contribution >= 0.6 is 45.3 Å². The molecule has 0 aromatic rings. The molecule has 15 heavy (non-hydrogen) atoms. The summed E-state index contributed by atoms with van der Waals surface area (Å²) in [7, 11) is -0.523. The molecule has 0 rings (SSSR count). The van der Waals surface area contributed by atoms with E-state index in [0.717, 1.165) is 0 Å². The predicted octanol–water partition coefficient (Wildman–Crippen LogP) is 1.98. The Morgan fingerprint density at radius 1 is 1.47 bits per heavy atom. The molecular formula is C8H13Cl3O3S. The van der Waals surface area contributed by atoms with Gasteiger partial charge in [0.1, 0.15) is 6.10 Å². The molecule has 0 fully saturated rings. The monoisotopic (exact) mass is 294 g/mol. The molecule has 0 radical (unpaired) electrons. The summed E-state index contributed by atoms with van der Waals surface area (Å²) in [5.74, 6) is -0.621. The predicted molar refractivity (Wildman–Crippen MR) is 67.4 cm³/mol. The molecule has 0 amide bonds. The summed E-state index contributed by atoms with van der Waals surface area (Å²) in [5, 5.41) is 9.69. The number of carbonyl (C=O) groups excluding carboxylic acids is 1. The minimum atomic E-state index is -1.92. The number of rotatable bonds is 3. The molecule has 0 spiro atoms. The van der Waals surface area contributed by atoms with Gasteiger partial charge < -0.3 is 9.84 Å². The van der Waals surface area contributed by atoms with Gasteiger partial charge in [0, 0.05) is 0 Å². The summed E-state index contributed by atoms with van der Waals surface area (Å²) in [5.41, 5.74) is 0. The van der Waals surface area contributed by atoms with Crippen molar-refractivity contribution < 1.29 is 14.6 Å². The molecule has 0 aliphatic rings. The Labute approximate surface area is 107 Å². The first-order chi connectivity index (χ1) is 6.71.